The fourth-order valence-electron chi connectivity index (χ4n) is 4.21. The second-order valence-electron chi connectivity index (χ2n) is 9.41. The zero-order chi connectivity index (χ0) is 30.6. The molecular weight excluding hydrogens is 565 g/mol. The van der Waals surface area contributed by atoms with Gasteiger partial charge in [-0.15, -0.1) is 0 Å². The number of ether oxygens (including phenoxy) is 2. The number of rotatable bonds is 8. The van der Waals surface area contributed by atoms with Crippen LogP contribution in [0.15, 0.2) is 53.3 Å². The van der Waals surface area contributed by atoms with Crippen molar-refractivity contribution < 1.29 is 37.0 Å². The lowest BCUT2D eigenvalue weighted by molar-refractivity contribution is -0.184. The molecule has 0 radical (unpaired) electrons. The van der Waals surface area contributed by atoms with Crippen molar-refractivity contribution in [2.24, 2.45) is 7.05 Å². The lowest BCUT2D eigenvalue weighted by Crippen LogP contribution is -2.44. The van der Waals surface area contributed by atoms with Crippen molar-refractivity contribution in [3.05, 3.63) is 91.9 Å². The van der Waals surface area contributed by atoms with Crippen LogP contribution >= 0.6 is 11.6 Å². The second kappa shape index (κ2) is 12.6. The SMILES string of the molecule is CC(=O)OC(C)OC(=O)[C@H](Cc1ccc(-c2c(C(F)(F)F)cc(C)n(C)c2=O)cc1)NC(=O)c1c(C)cccc1Cl. The van der Waals surface area contributed by atoms with Gasteiger partial charge in [-0.3, -0.25) is 14.4 Å². The van der Waals surface area contributed by atoms with Crippen molar-refractivity contribution in [2.75, 3.05) is 0 Å². The molecule has 0 bridgehead atoms. The van der Waals surface area contributed by atoms with E-state index < -0.39 is 53.0 Å². The molecule has 0 aliphatic carbocycles. The molecule has 12 heteroatoms. The lowest BCUT2D eigenvalue weighted by Gasteiger charge is -2.21. The van der Waals surface area contributed by atoms with Gasteiger partial charge in [-0.25, -0.2) is 4.79 Å². The maximum Gasteiger partial charge on any atom is 0.417 e. The molecule has 8 nitrogen and oxygen atoms in total. The largest absolute Gasteiger partial charge is 0.426 e. The maximum atomic E-state index is 13.8. The van der Waals surface area contributed by atoms with Gasteiger partial charge in [0.05, 0.1) is 21.7 Å². The average molecular weight is 593 g/mol. The zero-order valence-corrected chi connectivity index (χ0v) is 23.6. The summed E-state index contributed by atoms with van der Waals surface area (Å²) >= 11 is 6.20. The Morgan fingerprint density at radius 3 is 2.24 bits per heavy atom. The Hall–Kier alpha value is -4.12. The van der Waals surface area contributed by atoms with E-state index in [2.05, 4.69) is 5.32 Å². The standard InChI is InChI=1S/C29H28ClF3N2O6/c1-15-7-6-8-22(30)24(15)26(37)34-23(28(39)41-18(4)40-17(3)36)14-19-9-11-20(12-10-19)25-21(29(31,32)33)13-16(2)35(5)27(25)38/h6-13,18,23H,14H2,1-5H3,(H,34,37)/t18?,23-/m0/s1. The summed E-state index contributed by atoms with van der Waals surface area (Å²) in [4.78, 5) is 50.1. The van der Waals surface area contributed by atoms with Gasteiger partial charge in [-0.1, -0.05) is 48.0 Å². The predicted octanol–water partition coefficient (Wildman–Crippen LogP) is 5.13. The van der Waals surface area contributed by atoms with Crippen LogP contribution in [0.1, 0.15) is 46.6 Å². The summed E-state index contributed by atoms with van der Waals surface area (Å²) in [6.07, 6.45) is -6.15. The average Bonchev–Trinajstić information content (AvgIpc) is 2.86. The minimum absolute atomic E-state index is 0.0278. The van der Waals surface area contributed by atoms with E-state index in [-0.39, 0.29) is 28.3 Å². The third-order valence-corrected chi connectivity index (χ3v) is 6.63. The molecule has 1 N–H and O–H groups in total. The van der Waals surface area contributed by atoms with Gasteiger partial charge in [0.2, 0.25) is 6.29 Å². The van der Waals surface area contributed by atoms with E-state index in [1.807, 2.05) is 0 Å². The first-order valence-electron chi connectivity index (χ1n) is 12.4. The first-order chi connectivity index (χ1) is 19.1. The Morgan fingerprint density at radius 1 is 1.05 bits per heavy atom. The second-order valence-corrected chi connectivity index (χ2v) is 9.82. The Kier molecular flexibility index (Phi) is 9.65. The number of carbonyl (C=O) groups excluding carboxylic acids is 3. The van der Waals surface area contributed by atoms with Crippen LogP contribution in [0, 0.1) is 13.8 Å². The summed E-state index contributed by atoms with van der Waals surface area (Å²) in [6.45, 7) is 5.53. The molecule has 0 fully saturated rings. The number of aromatic nitrogens is 1. The van der Waals surface area contributed by atoms with E-state index in [1.54, 1.807) is 19.1 Å². The fourth-order valence-corrected chi connectivity index (χ4v) is 4.52. The number of benzene rings is 2. The first-order valence-corrected chi connectivity index (χ1v) is 12.8. The summed E-state index contributed by atoms with van der Waals surface area (Å²) in [5.74, 6) is -2.27. The van der Waals surface area contributed by atoms with Crippen LogP contribution in [0.4, 0.5) is 13.2 Å². The summed E-state index contributed by atoms with van der Waals surface area (Å²) in [5.41, 5.74) is -1.07. The maximum absolute atomic E-state index is 13.8. The number of hydrogen-bond acceptors (Lipinski definition) is 6. The first kappa shape index (κ1) is 31.4. The van der Waals surface area contributed by atoms with Crippen molar-refractivity contribution in [3.8, 4) is 11.1 Å². The topological polar surface area (TPSA) is 104 Å². The molecule has 1 aromatic heterocycles. The predicted molar refractivity (Wildman–Crippen MR) is 145 cm³/mol. The van der Waals surface area contributed by atoms with Gasteiger partial charge < -0.3 is 19.4 Å². The molecule has 3 rings (SSSR count). The van der Waals surface area contributed by atoms with E-state index in [1.165, 1.54) is 51.2 Å². The van der Waals surface area contributed by atoms with Crippen LogP contribution in [0.5, 0.6) is 0 Å². The molecule has 2 aromatic carbocycles. The molecule has 1 unspecified atom stereocenters. The quantitative estimate of drug-likeness (QED) is 0.287. The number of halogens is 4. The van der Waals surface area contributed by atoms with Gasteiger partial charge >= 0.3 is 18.1 Å². The molecule has 0 saturated carbocycles. The van der Waals surface area contributed by atoms with E-state index in [4.69, 9.17) is 21.1 Å². The third kappa shape index (κ3) is 7.55. The Balaban J connectivity index is 1.95. The molecule has 1 heterocycles. The van der Waals surface area contributed by atoms with E-state index in [0.29, 0.717) is 11.1 Å². The smallest absolute Gasteiger partial charge is 0.417 e. The lowest BCUT2D eigenvalue weighted by atomic mass is 9.97. The van der Waals surface area contributed by atoms with Crippen molar-refractivity contribution in [3.63, 3.8) is 0 Å². The van der Waals surface area contributed by atoms with E-state index in [0.717, 1.165) is 17.6 Å². The molecule has 41 heavy (non-hydrogen) atoms. The highest BCUT2D eigenvalue weighted by atomic mass is 35.5. The van der Waals surface area contributed by atoms with Crippen LogP contribution in [0.2, 0.25) is 5.02 Å². The molecular formula is C29H28ClF3N2O6. The van der Waals surface area contributed by atoms with Crippen molar-refractivity contribution in [1.82, 2.24) is 9.88 Å². The number of alkyl halides is 3. The fraction of sp³-hybridized carbons (Fsp3) is 0.310. The summed E-state index contributed by atoms with van der Waals surface area (Å²) < 4.78 is 52.5. The van der Waals surface area contributed by atoms with Crippen LogP contribution < -0.4 is 10.9 Å². The summed E-state index contributed by atoms with van der Waals surface area (Å²) in [6, 6.07) is 10.0. The van der Waals surface area contributed by atoms with Crippen LogP contribution in [0.3, 0.4) is 0 Å². The summed E-state index contributed by atoms with van der Waals surface area (Å²) in [5, 5.41) is 2.74. The number of amides is 1. The Morgan fingerprint density at radius 2 is 1.68 bits per heavy atom. The number of aryl methyl sites for hydroxylation is 2. The molecule has 0 saturated heterocycles. The number of nitrogens with zero attached hydrogens (tertiary/aromatic N) is 1. The number of esters is 2. The number of hydrogen-bond donors (Lipinski definition) is 1. The highest BCUT2D eigenvalue weighted by molar-refractivity contribution is 6.34. The monoisotopic (exact) mass is 592 g/mol. The van der Waals surface area contributed by atoms with Gasteiger partial charge in [0, 0.05) is 33.0 Å². The molecule has 1 amide bonds. The minimum atomic E-state index is -4.76. The van der Waals surface area contributed by atoms with Gasteiger partial charge in [-0.05, 0) is 42.7 Å². The van der Waals surface area contributed by atoms with Crippen molar-refractivity contribution >= 4 is 29.4 Å². The van der Waals surface area contributed by atoms with Crippen molar-refractivity contribution in [1.29, 1.82) is 0 Å². The van der Waals surface area contributed by atoms with Crippen LogP contribution in [0.25, 0.3) is 11.1 Å². The van der Waals surface area contributed by atoms with Crippen molar-refractivity contribution in [2.45, 2.75) is 52.6 Å². The Labute approximate surface area is 239 Å². The normalized spacial score (nSPS) is 12.8. The van der Waals surface area contributed by atoms with Crippen LogP contribution in [-0.4, -0.2) is 34.7 Å². The molecule has 0 aliphatic rings. The molecule has 218 valence electrons. The number of carbonyl (C=O) groups is 3. The number of nitrogens with one attached hydrogen (secondary N) is 1. The molecule has 0 aliphatic heterocycles. The van der Waals surface area contributed by atoms with E-state index >= 15 is 0 Å². The third-order valence-electron chi connectivity index (χ3n) is 6.31. The van der Waals surface area contributed by atoms with E-state index in [9.17, 15) is 32.3 Å². The van der Waals surface area contributed by atoms with Crippen LogP contribution in [-0.2, 0) is 38.7 Å². The zero-order valence-electron chi connectivity index (χ0n) is 22.9. The highest BCUT2D eigenvalue weighted by Gasteiger charge is 2.36. The molecule has 3 aromatic rings. The Bertz CT molecular complexity index is 1510. The van der Waals surface area contributed by atoms with Gasteiger partial charge in [0.1, 0.15) is 6.04 Å². The van der Waals surface area contributed by atoms with Gasteiger partial charge in [0.15, 0.2) is 0 Å². The number of pyridine rings is 1. The molecule has 2 atom stereocenters. The minimum Gasteiger partial charge on any atom is -0.426 e. The molecule has 0 spiro atoms. The van der Waals surface area contributed by atoms with Gasteiger partial charge in [-0.2, -0.15) is 13.2 Å². The summed E-state index contributed by atoms with van der Waals surface area (Å²) in [7, 11) is 1.38. The van der Waals surface area contributed by atoms with Gasteiger partial charge in [0.25, 0.3) is 11.5 Å². The highest BCUT2D eigenvalue weighted by Crippen LogP contribution is 2.36.